The van der Waals surface area contributed by atoms with Crippen molar-refractivity contribution >= 4 is 10.8 Å². The highest BCUT2D eigenvalue weighted by Crippen LogP contribution is 2.62. The summed E-state index contributed by atoms with van der Waals surface area (Å²) >= 11 is 0. The van der Waals surface area contributed by atoms with E-state index in [2.05, 4.69) is 188 Å². The molecule has 1 aliphatic heterocycles. The summed E-state index contributed by atoms with van der Waals surface area (Å²) in [5.74, 6) is 2.38. The highest BCUT2D eigenvalue weighted by atomic mass is 16.5. The Bertz CT molecular complexity index is 2870. The summed E-state index contributed by atoms with van der Waals surface area (Å²) in [6.07, 6.45) is 0. The van der Waals surface area contributed by atoms with Gasteiger partial charge in [-0.2, -0.15) is 0 Å². The summed E-state index contributed by atoms with van der Waals surface area (Å²) in [4.78, 5) is 10.7. The number of para-hydroxylation sites is 1. The molecule has 0 radical (unpaired) electrons. The summed E-state index contributed by atoms with van der Waals surface area (Å²) in [5, 5.41) is 2.34. The van der Waals surface area contributed by atoms with E-state index < -0.39 is 5.41 Å². The fraction of sp³-hybridized carbons (Fsp3) is 0.0196. The minimum absolute atomic E-state index is 0.573. The van der Waals surface area contributed by atoms with Gasteiger partial charge in [-0.1, -0.05) is 164 Å². The first-order valence-electron chi connectivity index (χ1n) is 18.4. The van der Waals surface area contributed by atoms with Crippen molar-refractivity contribution in [3.8, 4) is 67.7 Å². The van der Waals surface area contributed by atoms with E-state index in [1.54, 1.807) is 0 Å². The second-order valence-electron chi connectivity index (χ2n) is 14.1. The lowest BCUT2D eigenvalue weighted by Crippen LogP contribution is -2.32. The predicted octanol–water partition coefficient (Wildman–Crippen LogP) is 12.8. The molecule has 3 nitrogen and oxygen atoms in total. The van der Waals surface area contributed by atoms with E-state index in [4.69, 9.17) is 14.7 Å². The Hall–Kier alpha value is -7.10. The van der Waals surface area contributed by atoms with Gasteiger partial charge in [0, 0.05) is 27.8 Å². The van der Waals surface area contributed by atoms with Crippen molar-refractivity contribution in [2.75, 3.05) is 0 Å². The van der Waals surface area contributed by atoms with Gasteiger partial charge in [0.2, 0.25) is 0 Å². The van der Waals surface area contributed by atoms with E-state index in [0.29, 0.717) is 5.82 Å². The Labute approximate surface area is 313 Å². The monoisotopic (exact) mass is 688 g/mol. The number of hydrogen-bond donors (Lipinski definition) is 0. The first-order chi connectivity index (χ1) is 26.8. The average molecular weight is 689 g/mol. The van der Waals surface area contributed by atoms with Gasteiger partial charge in [-0.3, -0.25) is 0 Å². The largest absolute Gasteiger partial charge is 0.457 e. The third-order valence-electron chi connectivity index (χ3n) is 11.2. The molecule has 1 spiro atoms. The lowest BCUT2D eigenvalue weighted by molar-refractivity contribution is 0.436. The lowest BCUT2D eigenvalue weighted by atomic mass is 9.66. The fourth-order valence-electron chi connectivity index (χ4n) is 8.86. The van der Waals surface area contributed by atoms with Crippen molar-refractivity contribution in [3.63, 3.8) is 0 Å². The molecule has 1 aromatic heterocycles. The van der Waals surface area contributed by atoms with E-state index in [-0.39, 0.29) is 0 Å². The van der Waals surface area contributed by atoms with Crippen LogP contribution in [-0.4, -0.2) is 9.97 Å². The average Bonchev–Trinajstić information content (AvgIpc) is 3.54. The smallest absolute Gasteiger partial charge is 0.160 e. The summed E-state index contributed by atoms with van der Waals surface area (Å²) in [6.45, 7) is 0. The van der Waals surface area contributed by atoms with Crippen LogP contribution in [0.3, 0.4) is 0 Å². The molecule has 0 saturated heterocycles. The van der Waals surface area contributed by atoms with Gasteiger partial charge in [0.15, 0.2) is 5.82 Å². The molecular formula is C51H32N2O. The Morgan fingerprint density at radius 2 is 0.870 bits per heavy atom. The molecule has 3 heteroatoms. The molecule has 0 bridgehead atoms. The molecule has 252 valence electrons. The number of aromatic nitrogens is 2. The molecule has 1 aliphatic carbocycles. The third kappa shape index (κ3) is 4.49. The third-order valence-corrected chi connectivity index (χ3v) is 11.2. The molecule has 54 heavy (non-hydrogen) atoms. The second-order valence-corrected chi connectivity index (χ2v) is 14.1. The second kappa shape index (κ2) is 12.0. The molecule has 0 fully saturated rings. The Balaban J connectivity index is 1.16. The van der Waals surface area contributed by atoms with Gasteiger partial charge in [0.25, 0.3) is 0 Å². The Morgan fingerprint density at radius 3 is 1.59 bits per heavy atom. The van der Waals surface area contributed by atoms with Gasteiger partial charge in [0.05, 0.1) is 16.8 Å². The molecule has 0 unspecified atom stereocenters. The number of rotatable bonds is 4. The number of benzene rings is 8. The minimum atomic E-state index is -0.573. The molecule has 0 N–H and O–H groups in total. The van der Waals surface area contributed by atoms with Crippen molar-refractivity contribution in [1.29, 1.82) is 0 Å². The fourth-order valence-corrected chi connectivity index (χ4v) is 8.86. The summed E-state index contributed by atoms with van der Waals surface area (Å²) in [7, 11) is 0. The summed E-state index contributed by atoms with van der Waals surface area (Å²) < 4.78 is 6.73. The van der Waals surface area contributed by atoms with Gasteiger partial charge < -0.3 is 4.74 Å². The first-order valence-corrected chi connectivity index (χ1v) is 18.4. The van der Waals surface area contributed by atoms with Crippen LogP contribution in [0.4, 0.5) is 0 Å². The van der Waals surface area contributed by atoms with Gasteiger partial charge >= 0.3 is 0 Å². The van der Waals surface area contributed by atoms with Crippen LogP contribution >= 0.6 is 0 Å². The van der Waals surface area contributed by atoms with Crippen LogP contribution in [0.5, 0.6) is 11.5 Å². The van der Waals surface area contributed by atoms with E-state index in [1.165, 1.54) is 38.8 Å². The minimum Gasteiger partial charge on any atom is -0.457 e. The van der Waals surface area contributed by atoms with Gasteiger partial charge in [0.1, 0.15) is 11.5 Å². The van der Waals surface area contributed by atoms with E-state index in [1.807, 2.05) is 6.07 Å². The topological polar surface area (TPSA) is 35.0 Å². The maximum absolute atomic E-state index is 6.73. The molecule has 0 atom stereocenters. The molecule has 2 heterocycles. The standard InChI is InChI=1S/C51H32N2O/c1-3-15-33(16-4-1)36-28-29-41(38-20-8-7-19-37(36)38)47-32-46(34-17-5-2-6-18-34)52-50(53-47)35-27-30-49-45(31-35)51(44-25-13-14-26-48(44)54-49)42-23-11-9-21-39(42)40-22-10-12-24-43(40)51/h1-32H. The molecule has 0 saturated carbocycles. The normalized spacial score (nSPS) is 13.1. The van der Waals surface area contributed by atoms with Crippen molar-refractivity contribution < 1.29 is 4.74 Å². The Morgan fingerprint density at radius 1 is 0.333 bits per heavy atom. The van der Waals surface area contributed by atoms with Crippen molar-refractivity contribution in [1.82, 2.24) is 9.97 Å². The van der Waals surface area contributed by atoms with Crippen molar-refractivity contribution in [2.24, 2.45) is 0 Å². The summed E-state index contributed by atoms with van der Waals surface area (Å²) in [5.41, 5.74) is 13.8. The lowest BCUT2D eigenvalue weighted by Gasteiger charge is -2.39. The van der Waals surface area contributed by atoms with Crippen LogP contribution in [0.25, 0.3) is 66.9 Å². The molecule has 0 amide bonds. The van der Waals surface area contributed by atoms with E-state index >= 15 is 0 Å². The quantitative estimate of drug-likeness (QED) is 0.185. The van der Waals surface area contributed by atoms with Gasteiger partial charge in [-0.25, -0.2) is 9.97 Å². The molecule has 9 aromatic rings. The number of hydrogen-bond acceptors (Lipinski definition) is 3. The predicted molar refractivity (Wildman–Crippen MR) is 219 cm³/mol. The van der Waals surface area contributed by atoms with Crippen LogP contribution in [0.1, 0.15) is 22.3 Å². The van der Waals surface area contributed by atoms with Crippen molar-refractivity contribution in [2.45, 2.75) is 5.41 Å². The van der Waals surface area contributed by atoms with Crippen LogP contribution in [0, 0.1) is 0 Å². The maximum atomic E-state index is 6.73. The SMILES string of the molecule is c1ccc(-c2cc(-c3ccc(-c4ccccc4)c4ccccc34)nc(-c3ccc4c(c3)C3(c5ccccc5O4)c4ccccc4-c4ccccc43)n2)cc1. The number of ether oxygens (including phenoxy) is 1. The molecule has 2 aliphatic rings. The number of fused-ring (bicyclic) bond motifs is 10. The first kappa shape index (κ1) is 30.5. The van der Waals surface area contributed by atoms with Crippen LogP contribution in [-0.2, 0) is 5.41 Å². The highest BCUT2D eigenvalue weighted by molar-refractivity contribution is 6.04. The van der Waals surface area contributed by atoms with E-state index in [0.717, 1.165) is 56.1 Å². The molecule has 11 rings (SSSR count). The zero-order valence-electron chi connectivity index (χ0n) is 29.3. The van der Waals surface area contributed by atoms with Crippen LogP contribution in [0.15, 0.2) is 194 Å². The zero-order valence-corrected chi connectivity index (χ0v) is 29.3. The van der Waals surface area contributed by atoms with Gasteiger partial charge in [-0.05, 0) is 74.5 Å². The van der Waals surface area contributed by atoms with Gasteiger partial charge in [-0.15, -0.1) is 0 Å². The van der Waals surface area contributed by atoms with E-state index in [9.17, 15) is 0 Å². The highest BCUT2D eigenvalue weighted by Gasteiger charge is 2.51. The molecule has 8 aromatic carbocycles. The maximum Gasteiger partial charge on any atom is 0.160 e. The number of nitrogens with zero attached hydrogens (tertiary/aromatic N) is 2. The van der Waals surface area contributed by atoms with Crippen LogP contribution in [0.2, 0.25) is 0 Å². The summed E-state index contributed by atoms with van der Waals surface area (Å²) in [6, 6.07) is 68.8. The van der Waals surface area contributed by atoms with Crippen molar-refractivity contribution in [3.05, 3.63) is 216 Å². The van der Waals surface area contributed by atoms with Crippen LogP contribution < -0.4 is 4.74 Å². The Kier molecular flexibility index (Phi) is 6.77. The zero-order chi connectivity index (χ0) is 35.6. The molecular weight excluding hydrogens is 657 g/mol.